The predicted molar refractivity (Wildman–Crippen MR) is 60.7 cm³/mol. The van der Waals surface area contributed by atoms with E-state index in [9.17, 15) is 14.8 Å². The lowest BCUT2D eigenvalue weighted by atomic mass is 9.76. The minimum Gasteiger partial charge on any atom is -0.493 e. The second-order valence-electron chi connectivity index (χ2n) is 3.16. The van der Waals surface area contributed by atoms with Crippen LogP contribution >= 0.6 is 0 Å². The molecule has 0 bridgehead atoms. The van der Waals surface area contributed by atoms with E-state index in [0.717, 1.165) is 0 Å². The third kappa shape index (κ3) is 2.69. The topological polar surface area (TPSA) is 85.2 Å². The lowest BCUT2D eigenvalue weighted by Gasteiger charge is -2.13. The molecule has 6 nitrogen and oxygen atoms in total. The first kappa shape index (κ1) is 13.3. The first-order valence-electron chi connectivity index (χ1n) is 4.75. The van der Waals surface area contributed by atoms with Gasteiger partial charge in [-0.1, -0.05) is 0 Å². The SMILES string of the molecule is COC(=O)c1cc(OC)c(OC)cc1B(O)O. The fourth-order valence-corrected chi connectivity index (χ4v) is 1.40. The molecule has 17 heavy (non-hydrogen) atoms. The van der Waals surface area contributed by atoms with E-state index in [-0.39, 0.29) is 11.0 Å². The van der Waals surface area contributed by atoms with Crippen molar-refractivity contribution in [2.45, 2.75) is 0 Å². The van der Waals surface area contributed by atoms with Crippen molar-refractivity contribution in [3.63, 3.8) is 0 Å². The highest BCUT2D eigenvalue weighted by Crippen LogP contribution is 2.26. The molecule has 0 aliphatic carbocycles. The Hall–Kier alpha value is -1.73. The van der Waals surface area contributed by atoms with Crippen molar-refractivity contribution >= 4 is 18.6 Å². The summed E-state index contributed by atoms with van der Waals surface area (Å²) >= 11 is 0. The zero-order chi connectivity index (χ0) is 13.0. The maximum atomic E-state index is 11.5. The molecule has 1 rings (SSSR count). The summed E-state index contributed by atoms with van der Waals surface area (Å²) < 4.78 is 14.5. The van der Waals surface area contributed by atoms with Crippen molar-refractivity contribution < 1.29 is 29.1 Å². The first-order valence-corrected chi connectivity index (χ1v) is 4.75. The van der Waals surface area contributed by atoms with E-state index in [4.69, 9.17) is 9.47 Å². The Morgan fingerprint density at radius 1 is 1.12 bits per heavy atom. The molecular formula is C10H13BO6. The van der Waals surface area contributed by atoms with E-state index < -0.39 is 13.1 Å². The van der Waals surface area contributed by atoms with Crippen LogP contribution in [0.15, 0.2) is 12.1 Å². The highest BCUT2D eigenvalue weighted by atomic mass is 16.5. The summed E-state index contributed by atoms with van der Waals surface area (Å²) in [5.74, 6) is -0.0883. The Bertz CT molecular complexity index is 418. The van der Waals surface area contributed by atoms with Gasteiger partial charge in [0.1, 0.15) is 0 Å². The van der Waals surface area contributed by atoms with Crippen LogP contribution in [0.1, 0.15) is 10.4 Å². The number of hydrogen-bond donors (Lipinski definition) is 2. The van der Waals surface area contributed by atoms with Crippen molar-refractivity contribution in [3.8, 4) is 11.5 Å². The molecule has 0 atom stereocenters. The third-order valence-electron chi connectivity index (χ3n) is 2.24. The van der Waals surface area contributed by atoms with Crippen LogP contribution in [0.3, 0.4) is 0 Å². The second kappa shape index (κ2) is 5.56. The number of hydrogen-bond acceptors (Lipinski definition) is 6. The highest BCUT2D eigenvalue weighted by Gasteiger charge is 2.24. The van der Waals surface area contributed by atoms with E-state index >= 15 is 0 Å². The minimum absolute atomic E-state index is 0.00509. The molecule has 0 spiro atoms. The summed E-state index contributed by atoms with van der Waals surface area (Å²) in [4.78, 5) is 11.5. The van der Waals surface area contributed by atoms with Crippen molar-refractivity contribution in [2.75, 3.05) is 21.3 Å². The van der Waals surface area contributed by atoms with Gasteiger partial charge in [-0.3, -0.25) is 0 Å². The largest absolute Gasteiger partial charge is 0.493 e. The molecule has 1 aromatic rings. The number of benzene rings is 1. The van der Waals surface area contributed by atoms with Crippen LogP contribution in [0.2, 0.25) is 0 Å². The number of carbonyl (C=O) groups is 1. The molecule has 2 N–H and O–H groups in total. The molecule has 1 aromatic carbocycles. The Kier molecular flexibility index (Phi) is 4.36. The van der Waals surface area contributed by atoms with Crippen molar-refractivity contribution in [1.82, 2.24) is 0 Å². The van der Waals surface area contributed by atoms with Gasteiger partial charge in [-0.15, -0.1) is 0 Å². The zero-order valence-corrected chi connectivity index (χ0v) is 9.76. The maximum absolute atomic E-state index is 11.5. The van der Waals surface area contributed by atoms with Crippen LogP contribution in [0.5, 0.6) is 11.5 Å². The quantitative estimate of drug-likeness (QED) is 0.527. The molecule has 92 valence electrons. The summed E-state index contributed by atoms with van der Waals surface area (Å²) in [5.41, 5.74) is 0.00894. The van der Waals surface area contributed by atoms with Gasteiger partial charge in [0, 0.05) is 5.46 Å². The molecule has 0 saturated heterocycles. The van der Waals surface area contributed by atoms with Gasteiger partial charge in [0.25, 0.3) is 0 Å². The smallest absolute Gasteiger partial charge is 0.489 e. The number of carbonyl (C=O) groups excluding carboxylic acids is 1. The van der Waals surface area contributed by atoms with Gasteiger partial charge in [0.15, 0.2) is 11.5 Å². The molecule has 0 aliphatic rings. The van der Waals surface area contributed by atoms with Crippen molar-refractivity contribution in [1.29, 1.82) is 0 Å². The van der Waals surface area contributed by atoms with Gasteiger partial charge in [-0.25, -0.2) is 4.79 Å². The van der Waals surface area contributed by atoms with Crippen molar-refractivity contribution in [3.05, 3.63) is 17.7 Å². The summed E-state index contributed by atoms with van der Waals surface area (Å²) in [6.45, 7) is 0. The molecule has 0 unspecified atom stereocenters. The number of rotatable bonds is 4. The Morgan fingerprint density at radius 3 is 2.06 bits per heavy atom. The lowest BCUT2D eigenvalue weighted by Crippen LogP contribution is -2.35. The van der Waals surface area contributed by atoms with Crippen LogP contribution in [0, 0.1) is 0 Å². The molecule has 0 aromatic heterocycles. The third-order valence-corrected chi connectivity index (χ3v) is 2.24. The van der Waals surface area contributed by atoms with E-state index in [0.29, 0.717) is 11.5 Å². The van der Waals surface area contributed by atoms with Crippen LogP contribution < -0.4 is 14.9 Å². The number of ether oxygens (including phenoxy) is 3. The van der Waals surface area contributed by atoms with E-state index in [1.165, 1.54) is 33.5 Å². The normalized spacial score (nSPS) is 9.71. The molecule has 0 amide bonds. The van der Waals surface area contributed by atoms with Gasteiger partial charge < -0.3 is 24.3 Å². The highest BCUT2D eigenvalue weighted by molar-refractivity contribution is 6.60. The predicted octanol–water partition coefficient (Wildman–Crippen LogP) is -0.830. The Balaban J connectivity index is 3.40. The first-order chi connectivity index (χ1) is 8.04. The van der Waals surface area contributed by atoms with E-state index in [1.807, 2.05) is 0 Å². The van der Waals surface area contributed by atoms with E-state index in [1.54, 1.807) is 0 Å². The summed E-state index contributed by atoms with van der Waals surface area (Å²) in [5, 5.41) is 18.4. The van der Waals surface area contributed by atoms with Crippen LogP contribution in [-0.4, -0.2) is 44.5 Å². The molecule has 0 heterocycles. The number of methoxy groups -OCH3 is 3. The molecule has 0 saturated carbocycles. The molecule has 0 aliphatic heterocycles. The van der Waals surface area contributed by atoms with Crippen LogP contribution in [0.25, 0.3) is 0 Å². The van der Waals surface area contributed by atoms with Gasteiger partial charge in [0.2, 0.25) is 0 Å². The number of esters is 1. The van der Waals surface area contributed by atoms with E-state index in [2.05, 4.69) is 4.74 Å². The maximum Gasteiger partial charge on any atom is 0.489 e. The minimum atomic E-state index is -1.80. The molecule has 0 radical (unpaired) electrons. The summed E-state index contributed by atoms with van der Waals surface area (Å²) in [6, 6.07) is 2.65. The summed E-state index contributed by atoms with van der Waals surface area (Å²) in [7, 11) is 2.22. The van der Waals surface area contributed by atoms with Gasteiger partial charge >= 0.3 is 13.1 Å². The Morgan fingerprint density at radius 2 is 1.65 bits per heavy atom. The summed E-state index contributed by atoms with van der Waals surface area (Å²) in [6.07, 6.45) is 0. The fraction of sp³-hybridized carbons (Fsp3) is 0.300. The Labute approximate surface area is 98.9 Å². The lowest BCUT2D eigenvalue weighted by molar-refractivity contribution is 0.0601. The average molecular weight is 240 g/mol. The second-order valence-corrected chi connectivity index (χ2v) is 3.16. The molecule has 0 fully saturated rings. The monoisotopic (exact) mass is 240 g/mol. The van der Waals surface area contributed by atoms with Gasteiger partial charge in [-0.05, 0) is 12.1 Å². The van der Waals surface area contributed by atoms with Gasteiger partial charge in [-0.2, -0.15) is 0 Å². The average Bonchev–Trinajstić information content (AvgIpc) is 2.35. The zero-order valence-electron chi connectivity index (χ0n) is 9.76. The fourth-order valence-electron chi connectivity index (χ4n) is 1.40. The van der Waals surface area contributed by atoms with Crippen LogP contribution in [0.4, 0.5) is 0 Å². The van der Waals surface area contributed by atoms with Crippen molar-refractivity contribution in [2.24, 2.45) is 0 Å². The standard InChI is InChI=1S/C10H13BO6/c1-15-8-4-6(10(12)17-3)7(11(13)14)5-9(8)16-2/h4-5,13-14H,1-3H3. The molecular weight excluding hydrogens is 227 g/mol. The molecule has 7 heteroatoms. The van der Waals surface area contributed by atoms with Crippen LogP contribution in [-0.2, 0) is 4.74 Å². The van der Waals surface area contributed by atoms with Gasteiger partial charge in [0.05, 0.1) is 26.9 Å².